The van der Waals surface area contributed by atoms with E-state index in [1.54, 1.807) is 12.1 Å². The van der Waals surface area contributed by atoms with Gasteiger partial charge >= 0.3 is 6.03 Å². The molecule has 10 nitrogen and oxygen atoms in total. The number of urea groups is 1. The van der Waals surface area contributed by atoms with Gasteiger partial charge in [-0.05, 0) is 13.8 Å². The van der Waals surface area contributed by atoms with Gasteiger partial charge in [0.15, 0.2) is 11.5 Å². The third-order valence-corrected chi connectivity index (χ3v) is 3.83. The monoisotopic (exact) mass is 404 g/mol. The number of nitrogens with one attached hydrogen (secondary N) is 4. The number of hydrogen-bond acceptors (Lipinski definition) is 8. The van der Waals surface area contributed by atoms with E-state index in [1.165, 1.54) is 21.3 Å². The van der Waals surface area contributed by atoms with Crippen LogP contribution in [0.15, 0.2) is 18.2 Å². The van der Waals surface area contributed by atoms with E-state index in [4.69, 9.17) is 14.2 Å². The van der Waals surface area contributed by atoms with Gasteiger partial charge in [0.2, 0.25) is 11.7 Å². The molecule has 0 aliphatic heterocycles. The summed E-state index contributed by atoms with van der Waals surface area (Å²) in [6.45, 7) is 5.53. The summed E-state index contributed by atoms with van der Waals surface area (Å²) in [5.74, 6) is 2.64. The first-order valence-electron chi connectivity index (χ1n) is 9.19. The van der Waals surface area contributed by atoms with E-state index in [1.807, 2.05) is 19.9 Å². The summed E-state index contributed by atoms with van der Waals surface area (Å²) < 4.78 is 15.8. The maximum atomic E-state index is 12.2. The molecule has 4 N–H and O–H groups in total. The predicted molar refractivity (Wildman–Crippen MR) is 113 cm³/mol. The minimum Gasteiger partial charge on any atom is -0.493 e. The summed E-state index contributed by atoms with van der Waals surface area (Å²) in [6.07, 6.45) is 0. The van der Waals surface area contributed by atoms with Crippen LogP contribution in [-0.2, 0) is 0 Å². The zero-order chi connectivity index (χ0) is 21.2. The van der Waals surface area contributed by atoms with Crippen molar-refractivity contribution in [1.82, 2.24) is 15.3 Å². The van der Waals surface area contributed by atoms with E-state index in [-0.39, 0.29) is 6.03 Å². The highest BCUT2D eigenvalue weighted by molar-refractivity contribution is 5.90. The fourth-order valence-electron chi connectivity index (χ4n) is 2.60. The van der Waals surface area contributed by atoms with Crippen molar-refractivity contribution in [3.63, 3.8) is 0 Å². The highest BCUT2D eigenvalue weighted by Crippen LogP contribution is 2.39. The number of benzene rings is 1. The van der Waals surface area contributed by atoms with Crippen molar-refractivity contribution in [3.05, 3.63) is 23.9 Å². The number of anilines is 3. The van der Waals surface area contributed by atoms with Gasteiger partial charge in [0.05, 0.1) is 27.0 Å². The Kier molecular flexibility index (Phi) is 8.13. The minimum absolute atomic E-state index is 0.362. The van der Waals surface area contributed by atoms with Crippen molar-refractivity contribution in [2.24, 2.45) is 0 Å². The summed E-state index contributed by atoms with van der Waals surface area (Å²) in [5, 5.41) is 11.7. The quantitative estimate of drug-likeness (QED) is 0.446. The van der Waals surface area contributed by atoms with Gasteiger partial charge in [-0.2, -0.15) is 4.98 Å². The van der Waals surface area contributed by atoms with Crippen LogP contribution in [-0.4, -0.2) is 57.0 Å². The van der Waals surface area contributed by atoms with Crippen LogP contribution < -0.4 is 35.5 Å². The summed E-state index contributed by atoms with van der Waals surface area (Å²) in [7, 11) is 4.55. The molecule has 2 rings (SSSR count). The predicted octanol–water partition coefficient (Wildman–Crippen LogP) is 2.48. The van der Waals surface area contributed by atoms with Crippen molar-refractivity contribution in [1.29, 1.82) is 0 Å². The Morgan fingerprint density at radius 3 is 2.24 bits per heavy atom. The molecule has 2 aromatic rings. The van der Waals surface area contributed by atoms with Crippen molar-refractivity contribution in [2.75, 3.05) is 56.9 Å². The second kappa shape index (κ2) is 10.8. The number of hydrogen-bond donors (Lipinski definition) is 4. The number of amides is 2. The number of carbonyl (C=O) groups excluding carboxylic acids is 1. The summed E-state index contributed by atoms with van der Waals surface area (Å²) in [6, 6.07) is 4.82. The highest BCUT2D eigenvalue weighted by Gasteiger charge is 2.14. The van der Waals surface area contributed by atoms with Gasteiger partial charge in [0.1, 0.15) is 5.82 Å². The molecule has 0 aliphatic carbocycles. The van der Waals surface area contributed by atoms with Crippen molar-refractivity contribution in [3.8, 4) is 17.2 Å². The Morgan fingerprint density at radius 2 is 1.66 bits per heavy atom. The lowest BCUT2D eigenvalue weighted by atomic mass is 10.2. The normalized spacial score (nSPS) is 10.1. The molecule has 158 valence electrons. The van der Waals surface area contributed by atoms with E-state index in [0.29, 0.717) is 42.0 Å². The zero-order valence-electron chi connectivity index (χ0n) is 17.4. The van der Waals surface area contributed by atoms with Crippen molar-refractivity contribution < 1.29 is 19.0 Å². The number of ether oxygens (including phenoxy) is 3. The number of rotatable bonds is 10. The largest absolute Gasteiger partial charge is 0.493 e. The summed E-state index contributed by atoms with van der Waals surface area (Å²) in [5.41, 5.74) is 1.37. The van der Waals surface area contributed by atoms with Crippen LogP contribution in [0.4, 0.5) is 22.2 Å². The molecule has 1 aromatic carbocycles. The molecule has 0 radical (unpaired) electrons. The van der Waals surface area contributed by atoms with Crippen molar-refractivity contribution in [2.45, 2.75) is 13.8 Å². The number of nitrogens with zero attached hydrogens (tertiary/aromatic N) is 2. The molecule has 1 heterocycles. The third-order valence-electron chi connectivity index (χ3n) is 3.83. The van der Waals surface area contributed by atoms with Crippen LogP contribution in [0.25, 0.3) is 0 Å². The topological polar surface area (TPSA) is 119 Å². The molecular formula is C19H28N6O4. The molecule has 0 unspecified atom stereocenters. The summed E-state index contributed by atoms with van der Waals surface area (Å²) in [4.78, 5) is 20.9. The molecule has 0 atom stereocenters. The number of aryl methyl sites for hydroxylation is 1. The molecule has 0 saturated heterocycles. The van der Waals surface area contributed by atoms with E-state index in [0.717, 1.165) is 18.1 Å². The second-order valence-electron chi connectivity index (χ2n) is 5.97. The zero-order valence-corrected chi connectivity index (χ0v) is 17.4. The second-order valence-corrected chi connectivity index (χ2v) is 5.97. The van der Waals surface area contributed by atoms with Crippen LogP contribution >= 0.6 is 0 Å². The van der Waals surface area contributed by atoms with E-state index < -0.39 is 0 Å². The van der Waals surface area contributed by atoms with Gasteiger partial charge in [0, 0.05) is 43.5 Å². The Hall–Kier alpha value is -3.43. The molecule has 1 aromatic heterocycles. The molecule has 0 saturated carbocycles. The van der Waals surface area contributed by atoms with Crippen LogP contribution in [0.3, 0.4) is 0 Å². The minimum atomic E-state index is -0.362. The van der Waals surface area contributed by atoms with Gasteiger partial charge in [-0.1, -0.05) is 0 Å². The molecule has 2 amide bonds. The maximum Gasteiger partial charge on any atom is 0.319 e. The Morgan fingerprint density at radius 1 is 0.966 bits per heavy atom. The van der Waals surface area contributed by atoms with E-state index >= 15 is 0 Å². The average molecular weight is 404 g/mol. The molecule has 0 fully saturated rings. The van der Waals surface area contributed by atoms with Gasteiger partial charge < -0.3 is 35.5 Å². The Bertz CT molecular complexity index is 805. The molecule has 0 aliphatic rings. The molecular weight excluding hydrogens is 376 g/mol. The fraction of sp³-hybridized carbons (Fsp3) is 0.421. The Labute approximate surface area is 170 Å². The lowest BCUT2D eigenvalue weighted by Crippen LogP contribution is -2.32. The van der Waals surface area contributed by atoms with Gasteiger partial charge in [0.25, 0.3) is 0 Å². The van der Waals surface area contributed by atoms with Crippen LogP contribution in [0.2, 0.25) is 0 Å². The first-order chi connectivity index (χ1) is 14.0. The lowest BCUT2D eigenvalue weighted by molar-refractivity contribution is 0.252. The highest BCUT2D eigenvalue weighted by atomic mass is 16.5. The first kappa shape index (κ1) is 21.9. The van der Waals surface area contributed by atoms with E-state index in [2.05, 4.69) is 31.2 Å². The lowest BCUT2D eigenvalue weighted by Gasteiger charge is -2.15. The van der Waals surface area contributed by atoms with E-state index in [9.17, 15) is 4.79 Å². The van der Waals surface area contributed by atoms with Gasteiger partial charge in [-0.15, -0.1) is 0 Å². The Balaban J connectivity index is 1.88. The van der Waals surface area contributed by atoms with Gasteiger partial charge in [-0.25, -0.2) is 9.78 Å². The molecule has 29 heavy (non-hydrogen) atoms. The standard InChI is InChI=1S/C19H28N6O4/c1-6-20-16-9-12(2)23-18(25-16)21-7-8-22-19(26)24-13-10-14(27-3)17(29-5)15(11-13)28-4/h9-11H,6-8H2,1-5H3,(H2,22,24,26)(H2,20,21,23,25). The smallest absolute Gasteiger partial charge is 0.319 e. The summed E-state index contributed by atoms with van der Waals surface area (Å²) >= 11 is 0. The number of methoxy groups -OCH3 is 3. The van der Waals surface area contributed by atoms with Gasteiger partial charge in [-0.3, -0.25) is 0 Å². The van der Waals surface area contributed by atoms with Crippen molar-refractivity contribution >= 4 is 23.5 Å². The molecule has 0 spiro atoms. The average Bonchev–Trinajstić information content (AvgIpc) is 2.70. The third kappa shape index (κ3) is 6.30. The first-order valence-corrected chi connectivity index (χ1v) is 9.19. The number of aromatic nitrogens is 2. The molecule has 0 bridgehead atoms. The van der Waals surface area contributed by atoms with Crippen LogP contribution in [0.1, 0.15) is 12.6 Å². The number of carbonyl (C=O) groups is 1. The maximum absolute atomic E-state index is 12.2. The van der Waals surface area contributed by atoms with Crippen LogP contribution in [0.5, 0.6) is 17.2 Å². The SMILES string of the molecule is CCNc1cc(C)nc(NCCNC(=O)Nc2cc(OC)c(OC)c(OC)c2)n1. The molecule has 10 heteroatoms. The fourth-order valence-corrected chi connectivity index (χ4v) is 2.60. The van der Waals surface area contributed by atoms with Crippen LogP contribution in [0, 0.1) is 6.92 Å².